The first-order valence-corrected chi connectivity index (χ1v) is 5.95. The maximum absolute atomic E-state index is 3.58. The van der Waals surface area contributed by atoms with Crippen LogP contribution in [0, 0.1) is 5.92 Å². The highest BCUT2D eigenvalue weighted by molar-refractivity contribution is 7.07. The van der Waals surface area contributed by atoms with Gasteiger partial charge < -0.3 is 5.32 Å². The third kappa shape index (κ3) is 3.12. The molecule has 1 atom stereocenters. The van der Waals surface area contributed by atoms with Crippen LogP contribution in [0.3, 0.4) is 0 Å². The van der Waals surface area contributed by atoms with Gasteiger partial charge in [-0.25, -0.2) is 0 Å². The van der Waals surface area contributed by atoms with Gasteiger partial charge in [-0.15, -0.1) is 0 Å². The van der Waals surface area contributed by atoms with Crippen molar-refractivity contribution < 1.29 is 0 Å². The molecule has 0 amide bonds. The smallest absolute Gasteiger partial charge is 0.0351 e. The Kier molecular flexibility index (Phi) is 4.46. The second-order valence-electron chi connectivity index (χ2n) is 3.73. The summed E-state index contributed by atoms with van der Waals surface area (Å²) in [5.74, 6) is 0.668. The zero-order valence-corrected chi connectivity index (χ0v) is 9.53. The topological polar surface area (TPSA) is 12.0 Å². The summed E-state index contributed by atoms with van der Waals surface area (Å²) in [6.45, 7) is 7.85. The fourth-order valence-corrected chi connectivity index (χ4v) is 2.19. The van der Waals surface area contributed by atoms with Crippen molar-refractivity contribution in [1.29, 1.82) is 0 Å². The van der Waals surface area contributed by atoms with E-state index in [-0.39, 0.29) is 0 Å². The highest BCUT2D eigenvalue weighted by Crippen LogP contribution is 2.23. The highest BCUT2D eigenvalue weighted by atomic mass is 32.1. The lowest BCUT2D eigenvalue weighted by atomic mass is 9.98. The maximum Gasteiger partial charge on any atom is 0.0351 e. The van der Waals surface area contributed by atoms with E-state index in [0.717, 1.165) is 6.54 Å². The molecular formula is C11H19NS. The number of nitrogens with one attached hydrogen (secondary N) is 1. The van der Waals surface area contributed by atoms with Crippen LogP contribution in [0.1, 0.15) is 38.8 Å². The fraction of sp³-hybridized carbons (Fsp3) is 0.636. The molecule has 1 aromatic heterocycles. The Bertz CT molecular complexity index is 216. The van der Waals surface area contributed by atoms with Crippen molar-refractivity contribution in [2.45, 2.75) is 33.2 Å². The van der Waals surface area contributed by atoms with Crippen LogP contribution in [0.2, 0.25) is 0 Å². The molecule has 0 aromatic carbocycles. The van der Waals surface area contributed by atoms with Crippen LogP contribution < -0.4 is 5.32 Å². The first-order valence-electron chi connectivity index (χ1n) is 5.01. The van der Waals surface area contributed by atoms with E-state index >= 15 is 0 Å². The Balaban J connectivity index is 2.58. The molecule has 1 heterocycles. The molecule has 1 aromatic rings. The third-order valence-electron chi connectivity index (χ3n) is 2.18. The number of thiophene rings is 1. The van der Waals surface area contributed by atoms with Crippen molar-refractivity contribution in [3.05, 3.63) is 22.4 Å². The molecular weight excluding hydrogens is 178 g/mol. The van der Waals surface area contributed by atoms with Gasteiger partial charge in [-0.05, 0) is 41.3 Å². The predicted molar refractivity (Wildman–Crippen MR) is 60.2 cm³/mol. The van der Waals surface area contributed by atoms with Crippen molar-refractivity contribution >= 4 is 11.3 Å². The standard InChI is InChI=1S/C11H19NS/c1-4-6-12-11(9(2)3)10-5-7-13-8-10/h5,7-9,11-12H,4,6H2,1-3H3. The van der Waals surface area contributed by atoms with Gasteiger partial charge in [0.05, 0.1) is 0 Å². The molecule has 2 heteroatoms. The normalized spacial score (nSPS) is 13.5. The van der Waals surface area contributed by atoms with Gasteiger partial charge in [0.2, 0.25) is 0 Å². The molecule has 1 unspecified atom stereocenters. The minimum Gasteiger partial charge on any atom is -0.310 e. The SMILES string of the molecule is CCCNC(c1ccsc1)C(C)C. The van der Waals surface area contributed by atoms with E-state index in [4.69, 9.17) is 0 Å². The van der Waals surface area contributed by atoms with Gasteiger partial charge in [-0.1, -0.05) is 20.8 Å². The van der Waals surface area contributed by atoms with E-state index in [1.807, 2.05) is 0 Å². The molecule has 0 spiro atoms. The molecule has 0 aliphatic heterocycles. The zero-order valence-electron chi connectivity index (χ0n) is 8.71. The summed E-state index contributed by atoms with van der Waals surface area (Å²) in [5, 5.41) is 7.97. The Morgan fingerprint density at radius 2 is 2.23 bits per heavy atom. The summed E-state index contributed by atoms with van der Waals surface area (Å²) in [7, 11) is 0. The molecule has 0 saturated heterocycles. The number of hydrogen-bond acceptors (Lipinski definition) is 2. The molecule has 0 fully saturated rings. The summed E-state index contributed by atoms with van der Waals surface area (Å²) in [4.78, 5) is 0. The average molecular weight is 197 g/mol. The highest BCUT2D eigenvalue weighted by Gasteiger charge is 2.14. The second-order valence-corrected chi connectivity index (χ2v) is 4.51. The van der Waals surface area contributed by atoms with Gasteiger partial charge in [-0.3, -0.25) is 0 Å². The van der Waals surface area contributed by atoms with E-state index in [0.29, 0.717) is 12.0 Å². The summed E-state index contributed by atoms with van der Waals surface area (Å²) < 4.78 is 0. The molecule has 0 saturated carbocycles. The largest absolute Gasteiger partial charge is 0.310 e. The number of rotatable bonds is 5. The predicted octanol–water partition coefficient (Wildman–Crippen LogP) is 3.44. The van der Waals surface area contributed by atoms with Crippen molar-refractivity contribution in [1.82, 2.24) is 5.32 Å². The minimum absolute atomic E-state index is 0.534. The first kappa shape index (κ1) is 10.7. The Labute approximate surface area is 85.2 Å². The molecule has 74 valence electrons. The van der Waals surface area contributed by atoms with Crippen LogP contribution >= 0.6 is 11.3 Å². The van der Waals surface area contributed by atoms with E-state index in [1.54, 1.807) is 11.3 Å². The van der Waals surface area contributed by atoms with E-state index < -0.39 is 0 Å². The Morgan fingerprint density at radius 1 is 1.46 bits per heavy atom. The Morgan fingerprint density at radius 3 is 2.69 bits per heavy atom. The van der Waals surface area contributed by atoms with Crippen LogP contribution in [0.5, 0.6) is 0 Å². The minimum atomic E-state index is 0.534. The van der Waals surface area contributed by atoms with E-state index in [1.165, 1.54) is 12.0 Å². The van der Waals surface area contributed by atoms with Crippen LogP contribution in [0.25, 0.3) is 0 Å². The molecule has 1 rings (SSSR count). The first-order chi connectivity index (χ1) is 6.25. The number of hydrogen-bond donors (Lipinski definition) is 1. The van der Waals surface area contributed by atoms with Crippen molar-refractivity contribution in [2.75, 3.05) is 6.54 Å². The summed E-state index contributed by atoms with van der Waals surface area (Å²) >= 11 is 1.78. The average Bonchev–Trinajstić information content (AvgIpc) is 2.57. The molecule has 1 N–H and O–H groups in total. The van der Waals surface area contributed by atoms with Gasteiger partial charge in [0.25, 0.3) is 0 Å². The Hall–Kier alpha value is -0.340. The molecule has 13 heavy (non-hydrogen) atoms. The van der Waals surface area contributed by atoms with Gasteiger partial charge in [-0.2, -0.15) is 11.3 Å². The second kappa shape index (κ2) is 5.40. The molecule has 0 bridgehead atoms. The maximum atomic E-state index is 3.58. The summed E-state index contributed by atoms with van der Waals surface area (Å²) in [6.07, 6.45) is 1.20. The van der Waals surface area contributed by atoms with Crippen LogP contribution in [-0.2, 0) is 0 Å². The van der Waals surface area contributed by atoms with Crippen LogP contribution in [0.4, 0.5) is 0 Å². The lowest BCUT2D eigenvalue weighted by Gasteiger charge is -2.21. The molecule has 1 nitrogen and oxygen atoms in total. The zero-order chi connectivity index (χ0) is 9.68. The quantitative estimate of drug-likeness (QED) is 0.762. The molecule has 0 radical (unpaired) electrons. The van der Waals surface area contributed by atoms with E-state index in [9.17, 15) is 0 Å². The monoisotopic (exact) mass is 197 g/mol. The van der Waals surface area contributed by atoms with Gasteiger partial charge in [0.1, 0.15) is 0 Å². The van der Waals surface area contributed by atoms with E-state index in [2.05, 4.69) is 42.9 Å². The van der Waals surface area contributed by atoms with Gasteiger partial charge in [0.15, 0.2) is 0 Å². The van der Waals surface area contributed by atoms with Crippen molar-refractivity contribution in [3.8, 4) is 0 Å². The van der Waals surface area contributed by atoms with Gasteiger partial charge >= 0.3 is 0 Å². The van der Waals surface area contributed by atoms with Crippen LogP contribution in [0.15, 0.2) is 16.8 Å². The third-order valence-corrected chi connectivity index (χ3v) is 2.88. The van der Waals surface area contributed by atoms with Crippen molar-refractivity contribution in [2.24, 2.45) is 5.92 Å². The fourth-order valence-electron chi connectivity index (χ4n) is 1.49. The summed E-state index contributed by atoms with van der Waals surface area (Å²) in [5.41, 5.74) is 1.44. The molecule has 0 aliphatic carbocycles. The lowest BCUT2D eigenvalue weighted by Crippen LogP contribution is -2.25. The van der Waals surface area contributed by atoms with Crippen LogP contribution in [-0.4, -0.2) is 6.54 Å². The van der Waals surface area contributed by atoms with Gasteiger partial charge in [0, 0.05) is 6.04 Å². The lowest BCUT2D eigenvalue weighted by molar-refractivity contribution is 0.414. The van der Waals surface area contributed by atoms with Crippen molar-refractivity contribution in [3.63, 3.8) is 0 Å². The molecule has 0 aliphatic rings. The summed E-state index contributed by atoms with van der Waals surface area (Å²) in [6, 6.07) is 2.75.